The summed E-state index contributed by atoms with van der Waals surface area (Å²) in [4.78, 5) is 0. The van der Waals surface area contributed by atoms with E-state index in [0.717, 1.165) is 25.4 Å². The molecule has 1 atom stereocenters. The lowest BCUT2D eigenvalue weighted by Gasteiger charge is -2.09. The molecule has 19 heavy (non-hydrogen) atoms. The third kappa shape index (κ3) is 7.62. The smallest absolute Gasteiger partial charge is 0.119 e. The fraction of sp³-hybridized carbons (Fsp3) is 0.467. The second-order valence-electron chi connectivity index (χ2n) is 4.47. The fourth-order valence-corrected chi connectivity index (χ4v) is 1.58. The van der Waals surface area contributed by atoms with Crippen molar-refractivity contribution in [3.05, 3.63) is 42.5 Å². The van der Waals surface area contributed by atoms with E-state index in [9.17, 15) is 0 Å². The predicted octanol–water partition coefficient (Wildman–Crippen LogP) is 1.31. The van der Waals surface area contributed by atoms with Crippen molar-refractivity contribution in [2.45, 2.75) is 19.6 Å². The van der Waals surface area contributed by atoms with Crippen molar-refractivity contribution < 1.29 is 9.84 Å². The zero-order valence-electron chi connectivity index (χ0n) is 11.6. The van der Waals surface area contributed by atoms with Crippen molar-refractivity contribution in [3.63, 3.8) is 0 Å². The number of nitrogens with one attached hydrogen (secondary N) is 2. The standard InChI is InChI=1S/C15H24N2O2/c1-3-10-19-15-6-4-14(5-7-15)12-17-9-8-16-11-13(2)18/h3-7,13,16-18H,1,8-12H2,2H3/t13-/m0/s1. The molecule has 0 bridgehead atoms. The molecule has 0 saturated heterocycles. The molecule has 1 aromatic rings. The summed E-state index contributed by atoms with van der Waals surface area (Å²) in [5, 5.41) is 15.6. The van der Waals surface area contributed by atoms with Gasteiger partial charge in [0.25, 0.3) is 0 Å². The normalized spacial score (nSPS) is 12.1. The first-order chi connectivity index (χ1) is 9.22. The molecule has 0 saturated carbocycles. The maximum atomic E-state index is 9.07. The van der Waals surface area contributed by atoms with Crippen molar-refractivity contribution in [1.29, 1.82) is 0 Å². The highest BCUT2D eigenvalue weighted by molar-refractivity contribution is 5.27. The Morgan fingerprint density at radius 2 is 1.95 bits per heavy atom. The topological polar surface area (TPSA) is 53.5 Å². The van der Waals surface area contributed by atoms with Crippen molar-refractivity contribution in [2.75, 3.05) is 26.2 Å². The Balaban J connectivity index is 2.14. The SMILES string of the molecule is C=CCOc1ccc(CNCCNC[C@H](C)O)cc1. The van der Waals surface area contributed by atoms with Crippen LogP contribution in [0.2, 0.25) is 0 Å². The summed E-state index contributed by atoms with van der Waals surface area (Å²) in [6, 6.07) is 8.03. The van der Waals surface area contributed by atoms with E-state index < -0.39 is 0 Å². The molecule has 0 aliphatic carbocycles. The maximum Gasteiger partial charge on any atom is 0.119 e. The van der Waals surface area contributed by atoms with Gasteiger partial charge in [-0.3, -0.25) is 0 Å². The van der Waals surface area contributed by atoms with E-state index in [-0.39, 0.29) is 6.10 Å². The maximum absolute atomic E-state index is 9.07. The van der Waals surface area contributed by atoms with Gasteiger partial charge in [0.05, 0.1) is 6.10 Å². The number of ether oxygens (including phenoxy) is 1. The van der Waals surface area contributed by atoms with Crippen LogP contribution in [0.15, 0.2) is 36.9 Å². The van der Waals surface area contributed by atoms with Crippen LogP contribution in [0.1, 0.15) is 12.5 Å². The molecule has 106 valence electrons. The summed E-state index contributed by atoms with van der Waals surface area (Å²) in [6.45, 7) is 9.12. The highest BCUT2D eigenvalue weighted by Gasteiger charge is 1.96. The average molecular weight is 264 g/mol. The minimum atomic E-state index is -0.289. The van der Waals surface area contributed by atoms with Crippen LogP contribution >= 0.6 is 0 Å². The summed E-state index contributed by atoms with van der Waals surface area (Å²) >= 11 is 0. The number of rotatable bonds is 10. The van der Waals surface area contributed by atoms with Gasteiger partial charge in [0.2, 0.25) is 0 Å². The monoisotopic (exact) mass is 264 g/mol. The number of hydrogen-bond acceptors (Lipinski definition) is 4. The van der Waals surface area contributed by atoms with Crippen LogP contribution in [0, 0.1) is 0 Å². The van der Waals surface area contributed by atoms with Crippen LogP contribution in [0.3, 0.4) is 0 Å². The molecule has 0 amide bonds. The van der Waals surface area contributed by atoms with Gasteiger partial charge in [-0.2, -0.15) is 0 Å². The molecular formula is C15H24N2O2. The van der Waals surface area contributed by atoms with Crippen molar-refractivity contribution in [1.82, 2.24) is 10.6 Å². The number of aliphatic hydroxyl groups excluding tert-OH is 1. The zero-order valence-corrected chi connectivity index (χ0v) is 11.6. The Hall–Kier alpha value is -1.36. The Kier molecular flexibility index (Phi) is 7.89. The van der Waals surface area contributed by atoms with Gasteiger partial charge in [0.1, 0.15) is 12.4 Å². The van der Waals surface area contributed by atoms with Gasteiger partial charge in [0, 0.05) is 26.2 Å². The van der Waals surface area contributed by atoms with Crippen LogP contribution in [-0.2, 0) is 6.54 Å². The molecule has 1 aromatic carbocycles. The van der Waals surface area contributed by atoms with Gasteiger partial charge < -0.3 is 20.5 Å². The van der Waals surface area contributed by atoms with Gasteiger partial charge in [0.15, 0.2) is 0 Å². The van der Waals surface area contributed by atoms with Crippen LogP contribution < -0.4 is 15.4 Å². The third-order valence-electron chi connectivity index (χ3n) is 2.54. The number of aliphatic hydroxyl groups is 1. The second kappa shape index (κ2) is 9.55. The molecule has 0 aliphatic rings. The lowest BCUT2D eigenvalue weighted by molar-refractivity contribution is 0.191. The molecule has 1 rings (SSSR count). The molecule has 0 aliphatic heterocycles. The van der Waals surface area contributed by atoms with Crippen LogP contribution in [0.25, 0.3) is 0 Å². The Morgan fingerprint density at radius 1 is 1.26 bits per heavy atom. The summed E-state index contributed by atoms with van der Waals surface area (Å²) in [7, 11) is 0. The molecule has 0 spiro atoms. The lowest BCUT2D eigenvalue weighted by atomic mass is 10.2. The van der Waals surface area contributed by atoms with E-state index in [1.807, 2.05) is 12.1 Å². The Labute approximate surface area is 115 Å². The average Bonchev–Trinajstić information content (AvgIpc) is 2.41. The first-order valence-corrected chi connectivity index (χ1v) is 6.64. The minimum Gasteiger partial charge on any atom is -0.490 e. The molecular weight excluding hydrogens is 240 g/mol. The number of benzene rings is 1. The highest BCUT2D eigenvalue weighted by atomic mass is 16.5. The van der Waals surface area contributed by atoms with Crippen molar-refractivity contribution in [2.24, 2.45) is 0 Å². The highest BCUT2D eigenvalue weighted by Crippen LogP contribution is 2.11. The largest absolute Gasteiger partial charge is 0.490 e. The van der Waals surface area contributed by atoms with E-state index in [2.05, 4.69) is 29.3 Å². The van der Waals surface area contributed by atoms with E-state index in [4.69, 9.17) is 9.84 Å². The van der Waals surface area contributed by atoms with Gasteiger partial charge >= 0.3 is 0 Å². The van der Waals surface area contributed by atoms with E-state index in [0.29, 0.717) is 13.2 Å². The third-order valence-corrected chi connectivity index (χ3v) is 2.54. The first-order valence-electron chi connectivity index (χ1n) is 6.64. The molecule has 0 fully saturated rings. The predicted molar refractivity (Wildman–Crippen MR) is 78.4 cm³/mol. The van der Waals surface area contributed by atoms with E-state index >= 15 is 0 Å². The molecule has 3 N–H and O–H groups in total. The molecule has 0 unspecified atom stereocenters. The van der Waals surface area contributed by atoms with Crippen LogP contribution in [0.4, 0.5) is 0 Å². The second-order valence-corrected chi connectivity index (χ2v) is 4.47. The Bertz CT molecular complexity index is 350. The summed E-state index contributed by atoms with van der Waals surface area (Å²) in [5.41, 5.74) is 1.22. The van der Waals surface area contributed by atoms with Gasteiger partial charge in [-0.1, -0.05) is 24.8 Å². The van der Waals surface area contributed by atoms with Crippen molar-refractivity contribution >= 4 is 0 Å². The summed E-state index contributed by atoms with van der Waals surface area (Å²) in [5.74, 6) is 0.863. The number of hydrogen-bond donors (Lipinski definition) is 3. The van der Waals surface area contributed by atoms with Crippen LogP contribution in [0.5, 0.6) is 5.75 Å². The van der Waals surface area contributed by atoms with Crippen LogP contribution in [-0.4, -0.2) is 37.5 Å². The van der Waals surface area contributed by atoms with Gasteiger partial charge in [-0.05, 0) is 24.6 Å². The minimum absolute atomic E-state index is 0.289. The van der Waals surface area contributed by atoms with Gasteiger partial charge in [-0.15, -0.1) is 0 Å². The summed E-state index contributed by atoms with van der Waals surface area (Å²) in [6.07, 6.45) is 1.44. The molecule has 4 heteroatoms. The summed E-state index contributed by atoms with van der Waals surface area (Å²) < 4.78 is 5.42. The van der Waals surface area contributed by atoms with Gasteiger partial charge in [-0.25, -0.2) is 0 Å². The quantitative estimate of drug-likeness (QED) is 0.440. The van der Waals surface area contributed by atoms with E-state index in [1.54, 1.807) is 13.0 Å². The molecule has 0 radical (unpaired) electrons. The molecule has 0 heterocycles. The lowest BCUT2D eigenvalue weighted by Crippen LogP contribution is -2.31. The Morgan fingerprint density at radius 3 is 2.58 bits per heavy atom. The van der Waals surface area contributed by atoms with E-state index in [1.165, 1.54) is 5.56 Å². The fourth-order valence-electron chi connectivity index (χ4n) is 1.58. The van der Waals surface area contributed by atoms with Crippen molar-refractivity contribution in [3.8, 4) is 5.75 Å². The molecule has 4 nitrogen and oxygen atoms in total. The zero-order chi connectivity index (χ0) is 13.9. The first kappa shape index (κ1) is 15.7. The molecule has 0 aromatic heterocycles.